The van der Waals surface area contributed by atoms with Gasteiger partial charge in [0.15, 0.2) is 23.3 Å². The maximum atomic E-state index is 14.5. The van der Waals surface area contributed by atoms with Crippen molar-refractivity contribution in [3.63, 3.8) is 0 Å². The van der Waals surface area contributed by atoms with E-state index < -0.39 is 86.9 Å². The van der Waals surface area contributed by atoms with Crippen molar-refractivity contribution in [3.8, 4) is 0 Å². The Morgan fingerprint density at radius 2 is 1.37 bits per heavy atom. The molecular weight excluding hydrogens is 880 g/mol. The quantitative estimate of drug-likeness (QED) is 0.0615. The van der Waals surface area contributed by atoms with Gasteiger partial charge in [-0.1, -0.05) is 126 Å². The second-order valence-corrected chi connectivity index (χ2v) is 17.3. The summed E-state index contributed by atoms with van der Waals surface area (Å²) in [6.07, 6.45) is -5.33. The predicted molar refractivity (Wildman–Crippen MR) is 232 cm³/mol. The first-order valence-corrected chi connectivity index (χ1v) is 22.8. The standard InChI is InChI=1S/C44H38F3N5O8S3/c1-58-51-63-25-31(48-43(63)50-42(57)44(45,46)47)32(40(55)59-35(26-15-7-3-8-16-26)27-17-9-4-10-18-27)37(53)49-33-38(54)52-34(30(23-61-2)24-62-39(33)52)41(56)60-36(28-19-11-5-12-20-28)29-21-13-6-14-22-29/h3-22,25,32-33,35-36,39H,23-24H2,1-2H3,(H,49,53)(H,48,50,57)/t32?,33?,39-,63?/m1/s1. The van der Waals surface area contributed by atoms with E-state index >= 15 is 0 Å². The Balaban J connectivity index is 1.19. The molecule has 0 aromatic heterocycles. The van der Waals surface area contributed by atoms with Crippen LogP contribution in [0.2, 0.25) is 0 Å². The van der Waals surface area contributed by atoms with Crippen LogP contribution >= 0.6 is 23.5 Å². The fourth-order valence-corrected chi connectivity index (χ4v) is 10.2. The highest BCUT2D eigenvalue weighted by Gasteiger charge is 2.55. The Labute approximate surface area is 370 Å². The normalized spacial score (nSPS) is 18.9. The number of amides is 3. The molecule has 0 radical (unpaired) electrons. The first kappa shape index (κ1) is 45.0. The number of hydrogen-bond donors (Lipinski definition) is 2. The van der Waals surface area contributed by atoms with Crippen molar-refractivity contribution >= 4 is 69.0 Å². The molecule has 0 bridgehead atoms. The number of nitrogens with zero attached hydrogens (tertiary/aromatic N) is 3. The maximum absolute atomic E-state index is 14.5. The number of carbonyl (C=O) groups excluding carboxylic acids is 5. The van der Waals surface area contributed by atoms with E-state index in [1.807, 2.05) is 66.9 Å². The number of hydrogen-bond acceptors (Lipinski definition) is 12. The number of carbonyl (C=O) groups is 5. The zero-order valence-corrected chi connectivity index (χ0v) is 35.8. The van der Waals surface area contributed by atoms with Crippen LogP contribution in [-0.2, 0) is 49.0 Å². The Bertz CT molecular complexity index is 2410. The SMILES string of the molecule is CON=S1C=C(C(C(=O)NC2C(=O)N3C(C(=O)OC(c4ccccc4)c4ccccc4)=C(CSC)CS[C@H]23)C(=O)OC(c2ccccc2)c2ccccc2)N=C1NC(=O)C(F)(F)F. The van der Waals surface area contributed by atoms with Crippen molar-refractivity contribution in [3.05, 3.63) is 166 Å². The van der Waals surface area contributed by atoms with Crippen molar-refractivity contribution in [2.24, 2.45) is 15.4 Å². The van der Waals surface area contributed by atoms with Gasteiger partial charge in [0, 0.05) is 27.6 Å². The van der Waals surface area contributed by atoms with Gasteiger partial charge in [0.1, 0.15) is 17.1 Å². The van der Waals surface area contributed by atoms with Crippen LogP contribution in [0.1, 0.15) is 34.5 Å². The second kappa shape index (κ2) is 20.0. The minimum Gasteiger partial charge on any atom is -0.452 e. The zero-order chi connectivity index (χ0) is 44.7. The van der Waals surface area contributed by atoms with E-state index in [4.69, 9.17) is 14.3 Å². The van der Waals surface area contributed by atoms with Crippen molar-refractivity contribution in [1.29, 1.82) is 0 Å². The van der Waals surface area contributed by atoms with E-state index in [0.29, 0.717) is 39.3 Å². The van der Waals surface area contributed by atoms with Gasteiger partial charge >= 0.3 is 24.0 Å². The molecule has 3 amide bonds. The third kappa shape index (κ3) is 10.1. The predicted octanol–water partition coefficient (Wildman–Crippen LogP) is 6.54. The fraction of sp³-hybridized carbons (Fsp3) is 0.227. The summed E-state index contributed by atoms with van der Waals surface area (Å²) in [5.74, 6) is -7.35. The second-order valence-electron chi connectivity index (χ2n) is 13.9. The van der Waals surface area contributed by atoms with Gasteiger partial charge < -0.3 is 14.8 Å². The van der Waals surface area contributed by atoms with Gasteiger partial charge in [-0.3, -0.25) is 29.4 Å². The highest BCUT2D eigenvalue weighted by molar-refractivity contribution is 8.05. The van der Waals surface area contributed by atoms with E-state index in [0.717, 1.165) is 12.5 Å². The number of halogens is 3. The largest absolute Gasteiger partial charge is 0.471 e. The highest BCUT2D eigenvalue weighted by atomic mass is 32.2. The number of alkyl halides is 3. The number of fused-ring (bicyclic) bond motifs is 1. The van der Waals surface area contributed by atoms with Gasteiger partial charge in [-0.15, -0.1) is 11.8 Å². The molecule has 13 nitrogen and oxygen atoms in total. The van der Waals surface area contributed by atoms with Gasteiger partial charge in [0.2, 0.25) is 5.91 Å². The highest BCUT2D eigenvalue weighted by Crippen LogP contribution is 2.43. The molecule has 326 valence electrons. The molecule has 4 aromatic rings. The van der Waals surface area contributed by atoms with Crippen molar-refractivity contribution < 1.29 is 51.5 Å². The van der Waals surface area contributed by atoms with E-state index in [2.05, 4.69) is 14.8 Å². The molecule has 63 heavy (non-hydrogen) atoms. The van der Waals surface area contributed by atoms with Crippen molar-refractivity contribution in [2.45, 2.75) is 29.8 Å². The van der Waals surface area contributed by atoms with Crippen LogP contribution in [0.25, 0.3) is 0 Å². The lowest BCUT2D eigenvalue weighted by atomic mass is 9.99. The van der Waals surface area contributed by atoms with Gasteiger partial charge in [0.25, 0.3) is 5.91 Å². The maximum Gasteiger partial charge on any atom is 0.471 e. The van der Waals surface area contributed by atoms with Crippen LogP contribution in [0.5, 0.6) is 0 Å². The smallest absolute Gasteiger partial charge is 0.452 e. The number of rotatable bonds is 14. The fourth-order valence-electron chi connectivity index (χ4n) is 6.95. The molecule has 19 heteroatoms. The zero-order valence-electron chi connectivity index (χ0n) is 33.4. The summed E-state index contributed by atoms with van der Waals surface area (Å²) in [5, 5.41) is 3.93. The van der Waals surface area contributed by atoms with Gasteiger partial charge in [-0.2, -0.15) is 24.9 Å². The van der Waals surface area contributed by atoms with E-state index in [1.165, 1.54) is 28.4 Å². The summed E-state index contributed by atoms with van der Waals surface area (Å²) >= 11 is 2.74. The molecule has 4 atom stereocenters. The van der Waals surface area contributed by atoms with E-state index in [9.17, 15) is 37.1 Å². The molecule has 3 aliphatic heterocycles. The lowest BCUT2D eigenvalue weighted by Gasteiger charge is -2.50. The lowest BCUT2D eigenvalue weighted by molar-refractivity contribution is -0.171. The summed E-state index contributed by atoms with van der Waals surface area (Å²) in [6, 6.07) is 34.3. The minimum atomic E-state index is -5.31. The molecule has 1 fully saturated rings. The van der Waals surface area contributed by atoms with Crippen LogP contribution in [0.15, 0.2) is 153 Å². The number of aliphatic imine (C=N–C) groups is 1. The third-order valence-electron chi connectivity index (χ3n) is 9.81. The average Bonchev–Trinajstić information content (AvgIpc) is 3.68. The molecule has 3 unspecified atom stereocenters. The average molecular weight is 918 g/mol. The number of esters is 2. The molecular formula is C44H38F3N5O8S3. The molecule has 0 aliphatic carbocycles. The number of thioether (sulfide) groups is 2. The molecule has 0 spiro atoms. The van der Waals surface area contributed by atoms with Crippen LogP contribution in [-0.4, -0.2) is 82.2 Å². The number of nitrogens with one attached hydrogen (secondary N) is 2. The minimum absolute atomic E-state index is 0.0448. The molecule has 2 N–H and O–H groups in total. The molecule has 1 saturated heterocycles. The summed E-state index contributed by atoms with van der Waals surface area (Å²) in [6.45, 7) is 0. The molecule has 0 saturated carbocycles. The summed E-state index contributed by atoms with van der Waals surface area (Å²) < 4.78 is 56.1. The monoisotopic (exact) mass is 917 g/mol. The Kier molecular flexibility index (Phi) is 14.3. The first-order chi connectivity index (χ1) is 30.4. The van der Waals surface area contributed by atoms with Crippen LogP contribution in [0.3, 0.4) is 0 Å². The number of amidine groups is 1. The lowest BCUT2D eigenvalue weighted by Crippen LogP contribution is -2.71. The van der Waals surface area contributed by atoms with E-state index in [-0.39, 0.29) is 5.70 Å². The van der Waals surface area contributed by atoms with Gasteiger partial charge in [0.05, 0.1) is 12.8 Å². The van der Waals surface area contributed by atoms with Crippen LogP contribution < -0.4 is 10.6 Å². The third-order valence-corrected chi connectivity index (χ3v) is 13.2. The number of β-lactam (4-membered cyclic amide) rings is 1. The molecule has 3 aliphatic rings. The summed E-state index contributed by atoms with van der Waals surface area (Å²) in [7, 11) is -0.702. The van der Waals surface area contributed by atoms with Crippen molar-refractivity contribution in [2.75, 3.05) is 24.9 Å². The summed E-state index contributed by atoms with van der Waals surface area (Å²) in [5.41, 5.74) is 2.75. The first-order valence-electron chi connectivity index (χ1n) is 19.1. The van der Waals surface area contributed by atoms with E-state index in [1.54, 1.807) is 66.0 Å². The number of benzene rings is 4. The van der Waals surface area contributed by atoms with Crippen molar-refractivity contribution in [1.82, 2.24) is 15.5 Å². The van der Waals surface area contributed by atoms with Crippen LogP contribution in [0.4, 0.5) is 13.2 Å². The Morgan fingerprint density at radius 1 is 0.857 bits per heavy atom. The summed E-state index contributed by atoms with van der Waals surface area (Å²) in [4.78, 5) is 79.6. The topological polar surface area (TPSA) is 165 Å². The molecule has 7 rings (SSSR count). The van der Waals surface area contributed by atoms with Crippen LogP contribution in [0, 0.1) is 5.92 Å². The Hall–Kier alpha value is -6.02. The van der Waals surface area contributed by atoms with Gasteiger partial charge in [-0.25, -0.2) is 14.6 Å². The van der Waals surface area contributed by atoms with Gasteiger partial charge in [-0.05, 0) is 34.1 Å². The number of ether oxygens (including phenoxy) is 2. The molecule has 4 aromatic carbocycles. The Morgan fingerprint density at radius 3 is 1.84 bits per heavy atom. The molecule has 3 heterocycles.